The molecule has 0 radical (unpaired) electrons. The number of benzene rings is 3. The molecule has 0 aromatic heterocycles. The first kappa shape index (κ1) is 19.3. The van der Waals surface area contributed by atoms with Crippen LogP contribution in [0.25, 0.3) is 0 Å². The molecular formula is C19H15N5O5. The molecule has 29 heavy (non-hydrogen) atoms. The summed E-state index contributed by atoms with van der Waals surface area (Å²) in [6.45, 7) is 0. The number of carbonyl (C=O) groups is 1. The molecule has 0 spiro atoms. The lowest BCUT2D eigenvalue weighted by Crippen LogP contribution is -2.29. The number of nitrogens with one attached hydrogen (secondary N) is 3. The van der Waals surface area contributed by atoms with Gasteiger partial charge in [-0.3, -0.25) is 35.9 Å². The molecule has 3 aromatic carbocycles. The van der Waals surface area contributed by atoms with E-state index in [2.05, 4.69) is 16.2 Å². The first-order valence-corrected chi connectivity index (χ1v) is 8.36. The highest BCUT2D eigenvalue weighted by Crippen LogP contribution is 2.29. The average molecular weight is 393 g/mol. The summed E-state index contributed by atoms with van der Waals surface area (Å²) in [5.41, 5.74) is 5.26. The van der Waals surface area contributed by atoms with Crippen molar-refractivity contribution in [2.45, 2.75) is 0 Å². The zero-order valence-electron chi connectivity index (χ0n) is 14.9. The fourth-order valence-electron chi connectivity index (χ4n) is 2.54. The van der Waals surface area contributed by atoms with Gasteiger partial charge in [-0.05, 0) is 30.3 Å². The van der Waals surface area contributed by atoms with Crippen molar-refractivity contribution in [2.75, 3.05) is 10.7 Å². The van der Waals surface area contributed by atoms with Crippen LogP contribution in [0.1, 0.15) is 10.4 Å². The highest BCUT2D eigenvalue weighted by atomic mass is 16.6. The summed E-state index contributed by atoms with van der Waals surface area (Å²) in [7, 11) is 0. The Hall–Kier alpha value is -4.47. The van der Waals surface area contributed by atoms with Gasteiger partial charge >= 0.3 is 0 Å². The number of hydrogen-bond acceptors (Lipinski definition) is 7. The quantitative estimate of drug-likeness (QED) is 0.407. The van der Waals surface area contributed by atoms with Crippen molar-refractivity contribution >= 4 is 34.3 Å². The molecule has 146 valence electrons. The molecule has 0 bridgehead atoms. The normalized spacial score (nSPS) is 10.1. The highest BCUT2D eigenvalue weighted by Gasteiger charge is 2.19. The molecule has 0 heterocycles. The minimum atomic E-state index is -0.683. The van der Waals surface area contributed by atoms with E-state index in [1.165, 1.54) is 30.3 Å². The minimum absolute atomic E-state index is 0.0152. The van der Waals surface area contributed by atoms with Crippen LogP contribution < -0.4 is 16.2 Å². The number of hydrazine groups is 1. The second kappa shape index (κ2) is 8.48. The van der Waals surface area contributed by atoms with Crippen LogP contribution in [0.5, 0.6) is 0 Å². The molecule has 0 unspecified atom stereocenters. The molecule has 0 aliphatic carbocycles. The van der Waals surface area contributed by atoms with E-state index in [-0.39, 0.29) is 28.3 Å². The van der Waals surface area contributed by atoms with Crippen molar-refractivity contribution in [1.29, 1.82) is 0 Å². The molecule has 0 saturated carbocycles. The standard InChI is InChI=1S/C19H15N5O5/c25-19(22-21-16-8-4-5-9-17(16)23(26)27)13-10-11-15(18(12-13)24(28)29)20-14-6-2-1-3-7-14/h1-12,20-21H,(H,22,25). The van der Waals surface area contributed by atoms with Gasteiger partial charge in [0.2, 0.25) is 0 Å². The van der Waals surface area contributed by atoms with Gasteiger partial charge in [-0.2, -0.15) is 0 Å². The predicted molar refractivity (Wildman–Crippen MR) is 107 cm³/mol. The van der Waals surface area contributed by atoms with E-state index in [1.54, 1.807) is 30.3 Å². The first-order chi connectivity index (χ1) is 14.0. The van der Waals surface area contributed by atoms with Crippen LogP contribution in [0, 0.1) is 20.2 Å². The number of amides is 1. The lowest BCUT2D eigenvalue weighted by molar-refractivity contribution is -0.384. The summed E-state index contributed by atoms with van der Waals surface area (Å²) in [5.74, 6) is -0.683. The SMILES string of the molecule is O=C(NNc1ccccc1[N+](=O)[O-])c1ccc(Nc2ccccc2)c([N+](=O)[O-])c1. The second-order valence-electron chi connectivity index (χ2n) is 5.83. The molecule has 0 aliphatic heterocycles. The number of para-hydroxylation sites is 3. The Morgan fingerprint density at radius 1 is 0.759 bits per heavy atom. The van der Waals surface area contributed by atoms with Crippen LogP contribution in [0.3, 0.4) is 0 Å². The monoisotopic (exact) mass is 393 g/mol. The van der Waals surface area contributed by atoms with Crippen LogP contribution in [0.15, 0.2) is 72.8 Å². The van der Waals surface area contributed by atoms with E-state index in [0.717, 1.165) is 6.07 Å². The maximum absolute atomic E-state index is 12.4. The van der Waals surface area contributed by atoms with Crippen molar-refractivity contribution in [3.05, 3.63) is 98.6 Å². The number of nitrogens with zero attached hydrogens (tertiary/aromatic N) is 2. The number of anilines is 3. The van der Waals surface area contributed by atoms with E-state index in [0.29, 0.717) is 5.69 Å². The molecular weight excluding hydrogens is 378 g/mol. The topological polar surface area (TPSA) is 139 Å². The third-order valence-corrected chi connectivity index (χ3v) is 3.92. The maximum atomic E-state index is 12.4. The smallest absolute Gasteiger partial charge is 0.294 e. The molecule has 10 nitrogen and oxygen atoms in total. The second-order valence-corrected chi connectivity index (χ2v) is 5.83. The van der Waals surface area contributed by atoms with Crippen molar-refractivity contribution < 1.29 is 14.6 Å². The Balaban J connectivity index is 1.78. The summed E-state index contributed by atoms with van der Waals surface area (Å²) in [6.07, 6.45) is 0. The van der Waals surface area contributed by atoms with Gasteiger partial charge in [0, 0.05) is 23.4 Å². The summed E-state index contributed by atoms with van der Waals surface area (Å²) < 4.78 is 0. The summed E-state index contributed by atoms with van der Waals surface area (Å²) in [5, 5.41) is 25.4. The number of carbonyl (C=O) groups excluding carboxylic acids is 1. The zero-order chi connectivity index (χ0) is 20.8. The summed E-state index contributed by atoms with van der Waals surface area (Å²) >= 11 is 0. The van der Waals surface area contributed by atoms with Crippen molar-refractivity contribution in [1.82, 2.24) is 5.43 Å². The van der Waals surface area contributed by atoms with Crippen molar-refractivity contribution in [3.8, 4) is 0 Å². The minimum Gasteiger partial charge on any atom is -0.350 e. The van der Waals surface area contributed by atoms with E-state index < -0.39 is 15.8 Å². The van der Waals surface area contributed by atoms with Gasteiger partial charge in [0.1, 0.15) is 11.4 Å². The number of hydrogen-bond donors (Lipinski definition) is 3. The third-order valence-electron chi connectivity index (χ3n) is 3.92. The Kier molecular flexibility index (Phi) is 5.64. The first-order valence-electron chi connectivity index (χ1n) is 8.36. The molecule has 0 atom stereocenters. The van der Waals surface area contributed by atoms with E-state index in [4.69, 9.17) is 0 Å². The third kappa shape index (κ3) is 4.63. The molecule has 0 aliphatic rings. The van der Waals surface area contributed by atoms with Crippen LogP contribution in [-0.2, 0) is 0 Å². The molecule has 3 aromatic rings. The zero-order valence-corrected chi connectivity index (χ0v) is 14.9. The Morgan fingerprint density at radius 2 is 1.41 bits per heavy atom. The summed E-state index contributed by atoms with van der Waals surface area (Å²) in [6, 6.07) is 18.6. The molecule has 3 N–H and O–H groups in total. The van der Waals surface area contributed by atoms with Gasteiger partial charge < -0.3 is 5.32 Å². The molecule has 0 fully saturated rings. The van der Waals surface area contributed by atoms with E-state index in [1.807, 2.05) is 6.07 Å². The van der Waals surface area contributed by atoms with Gasteiger partial charge in [0.05, 0.1) is 9.85 Å². The van der Waals surface area contributed by atoms with Gasteiger partial charge in [-0.15, -0.1) is 0 Å². The van der Waals surface area contributed by atoms with Gasteiger partial charge in [0.25, 0.3) is 17.3 Å². The Labute approximate surface area is 164 Å². The number of rotatable bonds is 7. The predicted octanol–water partition coefficient (Wildman–Crippen LogP) is 4.00. The largest absolute Gasteiger partial charge is 0.350 e. The number of nitro benzene ring substituents is 2. The van der Waals surface area contributed by atoms with Crippen LogP contribution in [-0.4, -0.2) is 15.8 Å². The fourth-order valence-corrected chi connectivity index (χ4v) is 2.54. The maximum Gasteiger partial charge on any atom is 0.294 e. The molecule has 3 rings (SSSR count). The van der Waals surface area contributed by atoms with Crippen LogP contribution in [0.4, 0.5) is 28.4 Å². The van der Waals surface area contributed by atoms with Gasteiger partial charge in [-0.25, -0.2) is 0 Å². The molecule has 1 amide bonds. The van der Waals surface area contributed by atoms with Crippen molar-refractivity contribution in [3.63, 3.8) is 0 Å². The van der Waals surface area contributed by atoms with Gasteiger partial charge in [0.15, 0.2) is 0 Å². The highest BCUT2D eigenvalue weighted by molar-refractivity contribution is 5.96. The Bertz CT molecular complexity index is 1070. The lowest BCUT2D eigenvalue weighted by Gasteiger charge is -2.11. The van der Waals surface area contributed by atoms with E-state index >= 15 is 0 Å². The van der Waals surface area contributed by atoms with E-state index in [9.17, 15) is 25.0 Å². The fraction of sp³-hybridized carbons (Fsp3) is 0. The van der Waals surface area contributed by atoms with Crippen LogP contribution in [0.2, 0.25) is 0 Å². The molecule has 10 heteroatoms. The Morgan fingerprint density at radius 3 is 2.10 bits per heavy atom. The summed E-state index contributed by atoms with van der Waals surface area (Å²) in [4.78, 5) is 33.6. The van der Waals surface area contributed by atoms with Crippen LogP contribution >= 0.6 is 0 Å². The molecule has 0 saturated heterocycles. The van der Waals surface area contributed by atoms with Gasteiger partial charge in [-0.1, -0.05) is 30.3 Å². The number of nitro groups is 2. The lowest BCUT2D eigenvalue weighted by atomic mass is 10.1. The van der Waals surface area contributed by atoms with Crippen molar-refractivity contribution in [2.24, 2.45) is 0 Å². The average Bonchev–Trinajstić information content (AvgIpc) is 2.73.